The van der Waals surface area contributed by atoms with Crippen LogP contribution in [-0.4, -0.2) is 60.6 Å². The Morgan fingerprint density at radius 1 is 0.733 bits per heavy atom. The molecular weight excluding hydrogens is 376 g/mol. The molecule has 0 saturated carbocycles. The predicted octanol–water partition coefficient (Wildman–Crippen LogP) is 5.56. The van der Waals surface area contributed by atoms with Crippen molar-refractivity contribution in [2.45, 2.75) is 116 Å². The average molecular weight is 430 g/mol. The Morgan fingerprint density at radius 3 is 1.57 bits per heavy atom. The summed E-state index contributed by atoms with van der Waals surface area (Å²) >= 11 is 0. The normalized spacial score (nSPS) is 13.1. The van der Waals surface area contributed by atoms with Crippen LogP contribution >= 0.6 is 0 Å². The van der Waals surface area contributed by atoms with Crippen molar-refractivity contribution in [2.24, 2.45) is 5.92 Å². The molecule has 0 aliphatic carbocycles. The zero-order valence-corrected chi connectivity index (χ0v) is 20.6. The highest BCUT2D eigenvalue weighted by atomic mass is 16.4. The molecule has 0 aliphatic heterocycles. The van der Waals surface area contributed by atoms with Crippen LogP contribution in [0.4, 0.5) is 0 Å². The van der Waals surface area contributed by atoms with E-state index in [2.05, 4.69) is 19.2 Å². The Hall–Kier alpha value is -0.650. The fourth-order valence-electron chi connectivity index (χ4n) is 3.90. The number of unbranched alkanes of at least 4 members (excludes halogenated alkanes) is 12. The van der Waals surface area contributed by atoms with E-state index in [9.17, 15) is 9.90 Å². The van der Waals surface area contributed by atoms with Crippen LogP contribution in [0.25, 0.3) is 0 Å². The van der Waals surface area contributed by atoms with Gasteiger partial charge in [0, 0.05) is 13.0 Å². The van der Waals surface area contributed by atoms with E-state index in [0.717, 1.165) is 25.4 Å². The monoisotopic (exact) mass is 429 g/mol. The molecule has 1 atom stereocenters. The van der Waals surface area contributed by atoms with Gasteiger partial charge in [0.15, 0.2) is 0 Å². The highest BCUT2D eigenvalue weighted by molar-refractivity contribution is 5.70. The maximum Gasteiger partial charge on any atom is 0.392 e. The summed E-state index contributed by atoms with van der Waals surface area (Å²) in [6, 6.07) is 0. The van der Waals surface area contributed by atoms with E-state index in [-0.39, 0.29) is 4.48 Å². The fourth-order valence-corrected chi connectivity index (χ4v) is 3.90. The van der Waals surface area contributed by atoms with Gasteiger partial charge < -0.3 is 15.5 Å². The molecule has 1 unspecified atom stereocenters. The molecule has 3 N–H and O–H groups in total. The number of aliphatic carboxylic acids is 1. The molecule has 180 valence electrons. The van der Waals surface area contributed by atoms with E-state index in [0.29, 0.717) is 6.54 Å². The molecule has 0 saturated heterocycles. The summed E-state index contributed by atoms with van der Waals surface area (Å²) in [6.45, 7) is 7.20. The molecule has 0 aromatic rings. The smallest absolute Gasteiger partial charge is 0.392 e. The number of quaternary nitrogens is 1. The maximum atomic E-state index is 10.9. The SMILES string of the molecule is CC(C)CCCCCCCCCCCCCCCNCCC[N+](C)(C)C(O)C(=O)O. The van der Waals surface area contributed by atoms with E-state index in [1.54, 1.807) is 14.1 Å². The Morgan fingerprint density at radius 2 is 1.13 bits per heavy atom. The van der Waals surface area contributed by atoms with Crippen LogP contribution in [0.1, 0.15) is 110 Å². The van der Waals surface area contributed by atoms with Gasteiger partial charge in [-0.25, -0.2) is 4.79 Å². The number of nitrogens with zero attached hydrogens (tertiary/aromatic N) is 1. The van der Waals surface area contributed by atoms with E-state index < -0.39 is 12.2 Å². The topological polar surface area (TPSA) is 69.6 Å². The fraction of sp³-hybridized carbons (Fsp3) is 0.960. The van der Waals surface area contributed by atoms with Crippen LogP contribution in [0, 0.1) is 5.92 Å². The Kier molecular flexibility index (Phi) is 18.7. The van der Waals surface area contributed by atoms with Crippen molar-refractivity contribution in [1.29, 1.82) is 0 Å². The van der Waals surface area contributed by atoms with Crippen molar-refractivity contribution in [3.63, 3.8) is 0 Å². The average Bonchev–Trinajstić information content (AvgIpc) is 2.68. The quantitative estimate of drug-likeness (QED) is 0.120. The first-order valence-electron chi connectivity index (χ1n) is 12.7. The van der Waals surface area contributed by atoms with E-state index >= 15 is 0 Å². The minimum atomic E-state index is -1.34. The van der Waals surface area contributed by atoms with E-state index in [1.807, 2.05) is 0 Å². The van der Waals surface area contributed by atoms with Gasteiger partial charge in [0.25, 0.3) is 6.23 Å². The van der Waals surface area contributed by atoms with Gasteiger partial charge in [-0.2, -0.15) is 0 Å². The van der Waals surface area contributed by atoms with Crippen LogP contribution < -0.4 is 5.32 Å². The minimum Gasteiger partial charge on any atom is -0.475 e. The van der Waals surface area contributed by atoms with Crippen LogP contribution in [0.2, 0.25) is 0 Å². The molecule has 0 bridgehead atoms. The summed E-state index contributed by atoms with van der Waals surface area (Å²) in [5.41, 5.74) is 0. The van der Waals surface area contributed by atoms with Crippen molar-refractivity contribution >= 4 is 5.97 Å². The van der Waals surface area contributed by atoms with Gasteiger partial charge in [-0.15, -0.1) is 0 Å². The van der Waals surface area contributed by atoms with Gasteiger partial charge in [-0.3, -0.25) is 4.48 Å². The second-order valence-corrected chi connectivity index (χ2v) is 10.1. The highest BCUT2D eigenvalue weighted by Crippen LogP contribution is 2.14. The number of carboxylic acids is 1. The number of rotatable bonds is 22. The van der Waals surface area contributed by atoms with Crippen molar-refractivity contribution < 1.29 is 19.5 Å². The molecule has 5 nitrogen and oxygen atoms in total. The summed E-state index contributed by atoms with van der Waals surface area (Å²) in [5, 5.41) is 22.0. The second-order valence-electron chi connectivity index (χ2n) is 10.1. The Labute approximate surface area is 187 Å². The van der Waals surface area contributed by atoms with Gasteiger partial charge in [0.05, 0.1) is 20.6 Å². The number of aliphatic hydroxyl groups excluding tert-OH is 1. The third-order valence-corrected chi connectivity index (χ3v) is 6.11. The maximum absolute atomic E-state index is 10.9. The summed E-state index contributed by atoms with van der Waals surface area (Å²) < 4.78 is 0.106. The van der Waals surface area contributed by atoms with Gasteiger partial charge in [0.1, 0.15) is 0 Å². The molecule has 30 heavy (non-hydrogen) atoms. The standard InChI is InChI=1S/C25H52N2O3/c1-23(2)19-16-14-12-10-8-6-5-7-9-11-13-15-17-20-26-21-18-22-27(3,4)24(28)25(29)30/h23-24,26,28H,5-22H2,1-4H3/p+1. The van der Waals surface area contributed by atoms with Gasteiger partial charge in [-0.1, -0.05) is 97.3 Å². The van der Waals surface area contributed by atoms with Crippen LogP contribution in [0.3, 0.4) is 0 Å². The van der Waals surface area contributed by atoms with E-state index in [4.69, 9.17) is 5.11 Å². The van der Waals surface area contributed by atoms with Gasteiger partial charge >= 0.3 is 5.97 Å². The summed E-state index contributed by atoms with van der Waals surface area (Å²) in [6.07, 6.45) is 18.9. The van der Waals surface area contributed by atoms with Crippen LogP contribution in [0.5, 0.6) is 0 Å². The number of carbonyl (C=O) groups is 1. The largest absolute Gasteiger partial charge is 0.475 e. The molecule has 0 aromatic heterocycles. The highest BCUT2D eigenvalue weighted by Gasteiger charge is 2.31. The van der Waals surface area contributed by atoms with Crippen molar-refractivity contribution in [2.75, 3.05) is 33.7 Å². The lowest BCUT2D eigenvalue weighted by atomic mass is 10.0. The first kappa shape index (κ1) is 29.4. The lowest BCUT2D eigenvalue weighted by Gasteiger charge is -2.31. The van der Waals surface area contributed by atoms with Crippen LogP contribution in [0.15, 0.2) is 0 Å². The Bertz CT molecular complexity index is 400. The van der Waals surface area contributed by atoms with Crippen LogP contribution in [-0.2, 0) is 4.79 Å². The first-order valence-corrected chi connectivity index (χ1v) is 12.7. The molecule has 0 amide bonds. The molecule has 0 radical (unpaired) electrons. The van der Waals surface area contributed by atoms with Gasteiger partial charge in [0.2, 0.25) is 0 Å². The number of hydrogen-bond acceptors (Lipinski definition) is 3. The molecular formula is C25H53N2O3+. The Balaban J connectivity index is 3.24. The third kappa shape index (κ3) is 18.1. The molecule has 0 rings (SSSR count). The van der Waals surface area contributed by atoms with Gasteiger partial charge in [-0.05, 0) is 18.9 Å². The lowest BCUT2D eigenvalue weighted by Crippen LogP contribution is -2.53. The molecule has 5 heteroatoms. The molecule has 0 aliphatic rings. The second kappa shape index (κ2) is 19.1. The zero-order chi connectivity index (χ0) is 22.7. The minimum absolute atomic E-state index is 0.106. The van der Waals surface area contributed by atoms with E-state index in [1.165, 1.54) is 89.9 Å². The summed E-state index contributed by atoms with van der Waals surface area (Å²) in [7, 11) is 3.52. The molecule has 0 fully saturated rings. The lowest BCUT2D eigenvalue weighted by molar-refractivity contribution is -0.927. The number of hydrogen-bond donors (Lipinski definition) is 3. The van der Waals surface area contributed by atoms with Crippen molar-refractivity contribution in [3.8, 4) is 0 Å². The first-order chi connectivity index (χ1) is 14.3. The number of carboxylic acid groups (broad SMARTS) is 1. The number of likely N-dealkylation sites (N-methyl/N-ethyl adjacent to an activating group) is 1. The summed E-state index contributed by atoms with van der Waals surface area (Å²) in [5.74, 6) is -0.286. The van der Waals surface area contributed by atoms with Crippen molar-refractivity contribution in [3.05, 3.63) is 0 Å². The zero-order valence-electron chi connectivity index (χ0n) is 20.6. The molecule has 0 heterocycles. The predicted molar refractivity (Wildman–Crippen MR) is 128 cm³/mol. The molecule has 0 spiro atoms. The third-order valence-electron chi connectivity index (χ3n) is 6.11. The number of nitrogens with one attached hydrogen (secondary N) is 1. The summed E-state index contributed by atoms with van der Waals surface area (Å²) in [4.78, 5) is 10.9. The number of aliphatic hydroxyl groups is 1. The molecule has 0 aromatic carbocycles. The van der Waals surface area contributed by atoms with Crippen molar-refractivity contribution in [1.82, 2.24) is 5.32 Å².